The first kappa shape index (κ1) is 16.1. The third-order valence-corrected chi connectivity index (χ3v) is 4.11. The molecule has 0 saturated carbocycles. The van der Waals surface area contributed by atoms with Crippen molar-refractivity contribution in [3.8, 4) is 0 Å². The van der Waals surface area contributed by atoms with Crippen molar-refractivity contribution in [3.63, 3.8) is 0 Å². The van der Waals surface area contributed by atoms with Gasteiger partial charge in [-0.15, -0.1) is 0 Å². The minimum Gasteiger partial charge on any atom is -0.370 e. The molecular formula is C16H23F3N2. The number of nitrogens with one attached hydrogen (secondary N) is 1. The third-order valence-electron chi connectivity index (χ3n) is 4.11. The van der Waals surface area contributed by atoms with E-state index < -0.39 is 11.7 Å². The average Bonchev–Trinajstić information content (AvgIpc) is 2.63. The maximum atomic E-state index is 12.9. The molecule has 1 N–H and O–H groups in total. The Labute approximate surface area is 124 Å². The molecule has 1 aromatic carbocycles. The van der Waals surface area contributed by atoms with E-state index in [4.69, 9.17) is 0 Å². The zero-order valence-corrected chi connectivity index (χ0v) is 12.8. The lowest BCUT2D eigenvalue weighted by Crippen LogP contribution is -2.41. The van der Waals surface area contributed by atoms with Crippen molar-refractivity contribution >= 4 is 5.69 Å². The first-order chi connectivity index (χ1) is 9.79. The molecular weight excluding hydrogens is 277 g/mol. The predicted octanol–water partition coefficient (Wildman–Crippen LogP) is 3.84. The number of anilines is 1. The van der Waals surface area contributed by atoms with E-state index >= 15 is 0 Å². The minimum absolute atomic E-state index is 0.307. The summed E-state index contributed by atoms with van der Waals surface area (Å²) in [4.78, 5) is 2.09. The Hall–Kier alpha value is -1.23. The van der Waals surface area contributed by atoms with Gasteiger partial charge in [0.05, 0.1) is 5.56 Å². The van der Waals surface area contributed by atoms with Crippen LogP contribution in [0.4, 0.5) is 18.9 Å². The fraction of sp³-hybridized carbons (Fsp3) is 0.625. The van der Waals surface area contributed by atoms with E-state index in [9.17, 15) is 13.2 Å². The van der Waals surface area contributed by atoms with Gasteiger partial charge in [-0.05, 0) is 43.5 Å². The van der Waals surface area contributed by atoms with Crippen LogP contribution >= 0.6 is 0 Å². The van der Waals surface area contributed by atoms with E-state index in [0.29, 0.717) is 17.6 Å². The van der Waals surface area contributed by atoms with Gasteiger partial charge in [-0.2, -0.15) is 13.2 Å². The fourth-order valence-corrected chi connectivity index (χ4v) is 2.74. The Kier molecular flexibility index (Phi) is 4.81. The summed E-state index contributed by atoms with van der Waals surface area (Å²) in [6, 6.07) is 4.33. The number of benzene rings is 1. The summed E-state index contributed by atoms with van der Waals surface area (Å²) < 4.78 is 38.8. The van der Waals surface area contributed by atoms with Crippen molar-refractivity contribution in [1.82, 2.24) is 5.32 Å². The highest BCUT2D eigenvalue weighted by Gasteiger charge is 2.31. The maximum absolute atomic E-state index is 12.9. The SMILES string of the molecule is Cc1ccc(C(F)(F)F)cc1N1CCCNC(C(C)C)C1. The second-order valence-electron chi connectivity index (χ2n) is 6.10. The zero-order valence-electron chi connectivity index (χ0n) is 12.8. The third kappa shape index (κ3) is 3.90. The van der Waals surface area contributed by atoms with Crippen LogP contribution in [-0.2, 0) is 6.18 Å². The van der Waals surface area contributed by atoms with Crippen molar-refractivity contribution in [2.24, 2.45) is 5.92 Å². The fourth-order valence-electron chi connectivity index (χ4n) is 2.74. The molecule has 5 heteroatoms. The van der Waals surface area contributed by atoms with Gasteiger partial charge in [0.1, 0.15) is 0 Å². The zero-order chi connectivity index (χ0) is 15.6. The molecule has 1 aliphatic heterocycles. The first-order valence-electron chi connectivity index (χ1n) is 7.45. The molecule has 21 heavy (non-hydrogen) atoms. The van der Waals surface area contributed by atoms with Gasteiger partial charge in [0, 0.05) is 24.8 Å². The predicted molar refractivity (Wildman–Crippen MR) is 79.6 cm³/mol. The average molecular weight is 300 g/mol. The molecule has 0 spiro atoms. The van der Waals surface area contributed by atoms with Crippen LogP contribution in [0.3, 0.4) is 0 Å². The quantitative estimate of drug-likeness (QED) is 0.893. The number of hydrogen-bond acceptors (Lipinski definition) is 2. The van der Waals surface area contributed by atoms with Crippen LogP contribution in [0.2, 0.25) is 0 Å². The van der Waals surface area contributed by atoms with Gasteiger partial charge in [-0.1, -0.05) is 19.9 Å². The normalized spacial score (nSPS) is 20.7. The second kappa shape index (κ2) is 6.26. The molecule has 0 amide bonds. The molecule has 1 saturated heterocycles. The summed E-state index contributed by atoms with van der Waals surface area (Å²) in [6.07, 6.45) is -3.34. The number of hydrogen-bond donors (Lipinski definition) is 1. The van der Waals surface area contributed by atoms with Gasteiger partial charge in [0.15, 0.2) is 0 Å². The largest absolute Gasteiger partial charge is 0.416 e. The highest BCUT2D eigenvalue weighted by atomic mass is 19.4. The summed E-state index contributed by atoms with van der Waals surface area (Å²) >= 11 is 0. The number of rotatable bonds is 2. The Morgan fingerprint density at radius 3 is 2.62 bits per heavy atom. The number of alkyl halides is 3. The minimum atomic E-state index is -4.29. The number of aryl methyl sites for hydroxylation is 1. The molecule has 2 nitrogen and oxygen atoms in total. The molecule has 0 bridgehead atoms. The lowest BCUT2D eigenvalue weighted by molar-refractivity contribution is -0.137. The van der Waals surface area contributed by atoms with E-state index in [1.165, 1.54) is 6.07 Å². The van der Waals surface area contributed by atoms with E-state index in [1.54, 1.807) is 6.07 Å². The Morgan fingerprint density at radius 1 is 1.29 bits per heavy atom. The number of nitrogens with zero attached hydrogens (tertiary/aromatic N) is 1. The van der Waals surface area contributed by atoms with Gasteiger partial charge < -0.3 is 10.2 Å². The van der Waals surface area contributed by atoms with Gasteiger partial charge in [0.2, 0.25) is 0 Å². The van der Waals surface area contributed by atoms with Crippen LogP contribution in [-0.4, -0.2) is 25.7 Å². The standard InChI is InChI=1S/C16H23F3N2/c1-11(2)14-10-21(8-4-7-20-14)15-9-13(16(17,18)19)6-5-12(15)3/h5-6,9,11,14,20H,4,7-8,10H2,1-3H3. The van der Waals surface area contributed by atoms with E-state index in [1.807, 2.05) is 6.92 Å². The van der Waals surface area contributed by atoms with Crippen molar-refractivity contribution in [1.29, 1.82) is 0 Å². The molecule has 1 fully saturated rings. The van der Waals surface area contributed by atoms with E-state index in [0.717, 1.165) is 37.7 Å². The molecule has 1 aliphatic rings. The smallest absolute Gasteiger partial charge is 0.370 e. The topological polar surface area (TPSA) is 15.3 Å². The van der Waals surface area contributed by atoms with Gasteiger partial charge in [-0.3, -0.25) is 0 Å². The summed E-state index contributed by atoms with van der Waals surface area (Å²) in [7, 11) is 0. The molecule has 1 unspecified atom stereocenters. The Morgan fingerprint density at radius 2 is 2.00 bits per heavy atom. The number of halogens is 3. The molecule has 0 radical (unpaired) electrons. The van der Waals surface area contributed by atoms with Crippen LogP contribution < -0.4 is 10.2 Å². The highest BCUT2D eigenvalue weighted by Crippen LogP contribution is 2.33. The Bertz CT molecular complexity index is 483. The van der Waals surface area contributed by atoms with E-state index in [2.05, 4.69) is 24.1 Å². The van der Waals surface area contributed by atoms with Crippen LogP contribution in [0.5, 0.6) is 0 Å². The van der Waals surface area contributed by atoms with Crippen LogP contribution in [0.25, 0.3) is 0 Å². The van der Waals surface area contributed by atoms with Crippen LogP contribution in [0.1, 0.15) is 31.4 Å². The van der Waals surface area contributed by atoms with Crippen molar-refractivity contribution in [2.45, 2.75) is 39.4 Å². The highest BCUT2D eigenvalue weighted by molar-refractivity contribution is 5.56. The van der Waals surface area contributed by atoms with Crippen LogP contribution in [0, 0.1) is 12.8 Å². The summed E-state index contributed by atoms with van der Waals surface area (Å²) in [5.74, 6) is 0.455. The van der Waals surface area contributed by atoms with Crippen molar-refractivity contribution in [2.75, 3.05) is 24.5 Å². The maximum Gasteiger partial charge on any atom is 0.416 e. The van der Waals surface area contributed by atoms with Gasteiger partial charge >= 0.3 is 6.18 Å². The van der Waals surface area contributed by atoms with Crippen LogP contribution in [0.15, 0.2) is 18.2 Å². The molecule has 118 valence electrons. The molecule has 0 aliphatic carbocycles. The lowest BCUT2D eigenvalue weighted by Gasteiger charge is -2.30. The molecule has 2 rings (SSSR count). The van der Waals surface area contributed by atoms with Gasteiger partial charge in [0.25, 0.3) is 0 Å². The van der Waals surface area contributed by atoms with E-state index in [-0.39, 0.29) is 0 Å². The monoisotopic (exact) mass is 300 g/mol. The summed E-state index contributed by atoms with van der Waals surface area (Å²) in [5.41, 5.74) is 1.04. The second-order valence-corrected chi connectivity index (χ2v) is 6.10. The molecule has 0 aromatic heterocycles. The van der Waals surface area contributed by atoms with Crippen molar-refractivity contribution in [3.05, 3.63) is 29.3 Å². The molecule has 1 atom stereocenters. The van der Waals surface area contributed by atoms with Crippen molar-refractivity contribution < 1.29 is 13.2 Å². The Balaban J connectivity index is 2.30. The summed E-state index contributed by atoms with van der Waals surface area (Å²) in [6.45, 7) is 8.61. The summed E-state index contributed by atoms with van der Waals surface area (Å²) in [5, 5.41) is 3.48. The lowest BCUT2D eigenvalue weighted by atomic mass is 10.0. The molecule has 1 aromatic rings. The van der Waals surface area contributed by atoms with Gasteiger partial charge in [-0.25, -0.2) is 0 Å². The molecule has 1 heterocycles. The first-order valence-corrected chi connectivity index (χ1v) is 7.45.